The lowest BCUT2D eigenvalue weighted by molar-refractivity contribution is 0.154. The van der Waals surface area contributed by atoms with Crippen molar-refractivity contribution in [3.8, 4) is 0 Å². The highest BCUT2D eigenvalue weighted by Crippen LogP contribution is 2.77. The topological polar surface area (TPSA) is 20.2 Å². The van der Waals surface area contributed by atoms with Crippen LogP contribution in [0.2, 0.25) is 0 Å². The Kier molecular flexibility index (Phi) is 1.16. The number of rotatable bonds is 1. The second-order valence-corrected chi connectivity index (χ2v) is 5.62. The van der Waals surface area contributed by atoms with E-state index in [-0.39, 0.29) is 0 Å². The Labute approximate surface area is 74.2 Å². The van der Waals surface area contributed by atoms with Crippen molar-refractivity contribution in [3.05, 3.63) is 0 Å². The van der Waals surface area contributed by atoms with E-state index in [1.54, 1.807) is 0 Å². The highest BCUT2D eigenvalue weighted by atomic mass is 16.3. The molecule has 3 aliphatic carbocycles. The molecule has 4 atom stereocenters. The van der Waals surface area contributed by atoms with Crippen molar-refractivity contribution in [1.29, 1.82) is 0 Å². The molecule has 0 amide bonds. The molecule has 12 heavy (non-hydrogen) atoms. The van der Waals surface area contributed by atoms with Crippen LogP contribution < -0.4 is 0 Å². The minimum absolute atomic E-state index is 0.457. The predicted octanol–water partition coefficient (Wildman–Crippen LogP) is 1.91. The maximum absolute atomic E-state index is 9.26. The summed E-state index contributed by atoms with van der Waals surface area (Å²) in [4.78, 5) is 0. The molecule has 0 aromatic carbocycles. The molecule has 0 saturated heterocycles. The zero-order chi connectivity index (χ0) is 8.51. The van der Waals surface area contributed by atoms with Crippen molar-refractivity contribution in [1.82, 2.24) is 0 Å². The molecule has 4 unspecified atom stereocenters. The number of aliphatic hydroxyl groups is 1. The van der Waals surface area contributed by atoms with E-state index in [2.05, 4.69) is 13.8 Å². The predicted molar refractivity (Wildman–Crippen MR) is 47.6 cm³/mol. The van der Waals surface area contributed by atoms with Crippen molar-refractivity contribution >= 4 is 0 Å². The van der Waals surface area contributed by atoms with Crippen LogP contribution in [0.15, 0.2) is 0 Å². The van der Waals surface area contributed by atoms with Crippen LogP contribution in [-0.4, -0.2) is 11.7 Å². The molecular formula is C11H18O. The van der Waals surface area contributed by atoms with Crippen molar-refractivity contribution in [2.24, 2.45) is 35.0 Å². The Hall–Kier alpha value is -0.0400. The van der Waals surface area contributed by atoms with Gasteiger partial charge in [-0.15, -0.1) is 0 Å². The van der Waals surface area contributed by atoms with Gasteiger partial charge in [-0.25, -0.2) is 0 Å². The maximum Gasteiger partial charge on any atom is 0.0464 e. The largest absolute Gasteiger partial charge is 0.396 e. The molecule has 68 valence electrons. The molecule has 0 heterocycles. The highest BCUT2D eigenvalue weighted by molar-refractivity contribution is 5.20. The SMILES string of the molecule is CC1(C)C2C3CCC(C3CO)C21. The lowest BCUT2D eigenvalue weighted by Gasteiger charge is -2.21. The fourth-order valence-electron chi connectivity index (χ4n) is 4.65. The average molecular weight is 166 g/mol. The summed E-state index contributed by atoms with van der Waals surface area (Å²) < 4.78 is 0. The summed E-state index contributed by atoms with van der Waals surface area (Å²) in [6, 6.07) is 0. The van der Waals surface area contributed by atoms with Crippen LogP contribution in [0.3, 0.4) is 0 Å². The number of hydrogen-bond acceptors (Lipinski definition) is 1. The van der Waals surface area contributed by atoms with Gasteiger partial charge in [0.25, 0.3) is 0 Å². The van der Waals surface area contributed by atoms with Crippen LogP contribution in [0.25, 0.3) is 0 Å². The molecule has 0 radical (unpaired) electrons. The minimum Gasteiger partial charge on any atom is -0.396 e. The van der Waals surface area contributed by atoms with Gasteiger partial charge in [0.1, 0.15) is 0 Å². The van der Waals surface area contributed by atoms with Crippen molar-refractivity contribution < 1.29 is 5.11 Å². The summed E-state index contributed by atoms with van der Waals surface area (Å²) in [5.41, 5.74) is 0.636. The normalized spacial score (nSPS) is 58.8. The maximum atomic E-state index is 9.26. The monoisotopic (exact) mass is 166 g/mol. The third-order valence-corrected chi connectivity index (χ3v) is 5.06. The van der Waals surface area contributed by atoms with Gasteiger partial charge in [0.15, 0.2) is 0 Å². The van der Waals surface area contributed by atoms with E-state index in [1.807, 2.05) is 0 Å². The van der Waals surface area contributed by atoms with Gasteiger partial charge >= 0.3 is 0 Å². The molecular weight excluding hydrogens is 148 g/mol. The average Bonchev–Trinajstić information content (AvgIpc) is 2.47. The van der Waals surface area contributed by atoms with Crippen molar-refractivity contribution in [2.45, 2.75) is 26.7 Å². The van der Waals surface area contributed by atoms with Gasteiger partial charge in [-0.2, -0.15) is 0 Å². The second-order valence-electron chi connectivity index (χ2n) is 5.62. The third kappa shape index (κ3) is 0.585. The Morgan fingerprint density at radius 1 is 1.17 bits per heavy atom. The smallest absolute Gasteiger partial charge is 0.0464 e. The molecule has 3 rings (SSSR count). The van der Waals surface area contributed by atoms with Gasteiger partial charge < -0.3 is 5.11 Å². The summed E-state index contributed by atoms with van der Waals surface area (Å²) in [6.07, 6.45) is 2.81. The molecule has 3 saturated carbocycles. The van der Waals surface area contributed by atoms with E-state index in [1.165, 1.54) is 12.8 Å². The van der Waals surface area contributed by atoms with E-state index in [9.17, 15) is 5.11 Å². The summed E-state index contributed by atoms with van der Waals surface area (Å²) in [7, 11) is 0. The summed E-state index contributed by atoms with van der Waals surface area (Å²) >= 11 is 0. The van der Waals surface area contributed by atoms with E-state index in [4.69, 9.17) is 0 Å². The van der Waals surface area contributed by atoms with Crippen LogP contribution >= 0.6 is 0 Å². The first kappa shape index (κ1) is 7.37. The van der Waals surface area contributed by atoms with E-state index in [0.29, 0.717) is 17.9 Å². The first-order valence-corrected chi connectivity index (χ1v) is 5.28. The van der Waals surface area contributed by atoms with Crippen LogP contribution in [0.1, 0.15) is 26.7 Å². The molecule has 0 aromatic rings. The Balaban J connectivity index is 1.90. The fourth-order valence-corrected chi connectivity index (χ4v) is 4.65. The molecule has 3 aliphatic rings. The number of aliphatic hydroxyl groups excluding tert-OH is 1. The summed E-state index contributed by atoms with van der Waals surface area (Å²) in [6.45, 7) is 5.29. The lowest BCUT2D eigenvalue weighted by Crippen LogP contribution is -2.20. The quantitative estimate of drug-likeness (QED) is 0.631. The van der Waals surface area contributed by atoms with Gasteiger partial charge in [0.05, 0.1) is 0 Å². The van der Waals surface area contributed by atoms with Crippen LogP contribution in [0.4, 0.5) is 0 Å². The van der Waals surface area contributed by atoms with Gasteiger partial charge in [0, 0.05) is 6.61 Å². The van der Waals surface area contributed by atoms with Crippen molar-refractivity contribution in [2.75, 3.05) is 6.61 Å². The molecule has 1 nitrogen and oxygen atoms in total. The third-order valence-electron chi connectivity index (χ3n) is 5.06. The Morgan fingerprint density at radius 3 is 2.08 bits per heavy atom. The second kappa shape index (κ2) is 1.89. The highest BCUT2D eigenvalue weighted by Gasteiger charge is 2.72. The molecule has 0 aliphatic heterocycles. The molecule has 0 aromatic heterocycles. The number of hydrogen-bond donors (Lipinski definition) is 1. The first-order chi connectivity index (χ1) is 5.68. The first-order valence-electron chi connectivity index (χ1n) is 5.28. The van der Waals surface area contributed by atoms with Gasteiger partial charge in [-0.1, -0.05) is 13.8 Å². The molecule has 2 bridgehead atoms. The Morgan fingerprint density at radius 2 is 1.67 bits per heavy atom. The van der Waals surface area contributed by atoms with Gasteiger partial charge in [-0.05, 0) is 47.8 Å². The summed E-state index contributed by atoms with van der Waals surface area (Å²) in [5, 5.41) is 9.26. The molecule has 1 heteroatoms. The zero-order valence-corrected chi connectivity index (χ0v) is 7.96. The molecule has 1 N–H and O–H groups in total. The molecule has 0 spiro atoms. The Bertz CT molecular complexity index is 201. The van der Waals surface area contributed by atoms with Crippen LogP contribution in [0, 0.1) is 35.0 Å². The van der Waals surface area contributed by atoms with E-state index in [0.717, 1.165) is 23.7 Å². The van der Waals surface area contributed by atoms with Gasteiger partial charge in [0.2, 0.25) is 0 Å². The van der Waals surface area contributed by atoms with Crippen LogP contribution in [0.5, 0.6) is 0 Å². The van der Waals surface area contributed by atoms with Gasteiger partial charge in [-0.3, -0.25) is 0 Å². The molecule has 3 fully saturated rings. The fraction of sp³-hybridized carbons (Fsp3) is 1.00. The summed E-state index contributed by atoms with van der Waals surface area (Å²) in [5.74, 6) is 4.43. The van der Waals surface area contributed by atoms with E-state index >= 15 is 0 Å². The number of fused-ring (bicyclic) bond motifs is 5. The minimum atomic E-state index is 0.457. The standard InChI is InChI=1S/C11H18O/c1-11(2)9-6-3-4-7(10(9)11)8(6)5-12/h6-10,12H,3-5H2,1-2H3. The van der Waals surface area contributed by atoms with Crippen molar-refractivity contribution in [3.63, 3.8) is 0 Å². The van der Waals surface area contributed by atoms with E-state index < -0.39 is 0 Å². The lowest BCUT2D eigenvalue weighted by atomic mass is 9.85. The zero-order valence-electron chi connectivity index (χ0n) is 7.96. The van der Waals surface area contributed by atoms with Crippen LogP contribution in [-0.2, 0) is 0 Å².